The fraction of sp³-hybridized carbons (Fsp3) is 0.846. The van der Waals surface area contributed by atoms with E-state index in [1.807, 2.05) is 6.92 Å². The molecule has 104 valence electrons. The lowest BCUT2D eigenvalue weighted by molar-refractivity contribution is -0.144. The van der Waals surface area contributed by atoms with Gasteiger partial charge in [-0.15, -0.1) is 0 Å². The quantitative estimate of drug-likeness (QED) is 0.682. The summed E-state index contributed by atoms with van der Waals surface area (Å²) in [5.74, 6) is -0.920. The molecule has 5 heteroatoms. The lowest BCUT2D eigenvalue weighted by Gasteiger charge is -2.26. The van der Waals surface area contributed by atoms with E-state index in [1.165, 1.54) is 0 Å². The predicted molar refractivity (Wildman–Crippen MR) is 69.5 cm³/mol. The molecular formula is C13H24N2O3. The second-order valence-electron chi connectivity index (χ2n) is 5.24. The summed E-state index contributed by atoms with van der Waals surface area (Å²) in [4.78, 5) is 23.1. The third-order valence-electron chi connectivity index (χ3n) is 3.59. The van der Waals surface area contributed by atoms with E-state index in [4.69, 9.17) is 0 Å². The highest BCUT2D eigenvalue weighted by Crippen LogP contribution is 2.29. The van der Waals surface area contributed by atoms with Gasteiger partial charge in [0.15, 0.2) is 0 Å². The Bertz CT molecular complexity index is 299. The molecule has 1 rings (SSSR count). The van der Waals surface area contributed by atoms with Gasteiger partial charge < -0.3 is 15.7 Å². The predicted octanol–water partition coefficient (Wildman–Crippen LogP) is 2.26. The van der Waals surface area contributed by atoms with E-state index >= 15 is 0 Å². The summed E-state index contributed by atoms with van der Waals surface area (Å²) in [5, 5.41) is 14.7. The molecule has 0 aliphatic heterocycles. The van der Waals surface area contributed by atoms with E-state index in [0.29, 0.717) is 12.8 Å². The van der Waals surface area contributed by atoms with Gasteiger partial charge in [0, 0.05) is 6.04 Å². The van der Waals surface area contributed by atoms with Crippen LogP contribution in [0.15, 0.2) is 0 Å². The van der Waals surface area contributed by atoms with Gasteiger partial charge in [0.1, 0.15) is 5.54 Å². The fourth-order valence-corrected chi connectivity index (χ4v) is 2.43. The second-order valence-corrected chi connectivity index (χ2v) is 5.24. The Morgan fingerprint density at radius 1 is 1.33 bits per heavy atom. The highest BCUT2D eigenvalue weighted by Gasteiger charge is 2.42. The second kappa shape index (κ2) is 6.61. The van der Waals surface area contributed by atoms with E-state index in [-0.39, 0.29) is 12.1 Å². The monoisotopic (exact) mass is 256 g/mol. The maximum atomic E-state index is 11.8. The van der Waals surface area contributed by atoms with Gasteiger partial charge in [0.25, 0.3) is 0 Å². The number of unbranched alkanes of at least 4 members (excludes halogenated alkanes) is 1. The van der Waals surface area contributed by atoms with Crippen molar-refractivity contribution in [3.63, 3.8) is 0 Å². The molecule has 0 bridgehead atoms. The van der Waals surface area contributed by atoms with Crippen molar-refractivity contribution >= 4 is 12.0 Å². The Balaban J connectivity index is 2.45. The van der Waals surface area contributed by atoms with Gasteiger partial charge in [-0.25, -0.2) is 9.59 Å². The SMILES string of the molecule is CCCCC(C)NC(=O)NC1(C(=O)O)CCCC1. The summed E-state index contributed by atoms with van der Waals surface area (Å²) in [6.45, 7) is 4.04. The van der Waals surface area contributed by atoms with Gasteiger partial charge in [-0.05, 0) is 26.2 Å². The number of carboxylic acid groups (broad SMARTS) is 1. The van der Waals surface area contributed by atoms with Crippen molar-refractivity contribution in [1.29, 1.82) is 0 Å². The largest absolute Gasteiger partial charge is 0.480 e. The molecule has 5 nitrogen and oxygen atoms in total. The first kappa shape index (κ1) is 14.8. The van der Waals surface area contributed by atoms with Gasteiger partial charge in [-0.2, -0.15) is 0 Å². The lowest BCUT2D eigenvalue weighted by Crippen LogP contribution is -2.56. The normalized spacial score (nSPS) is 19.2. The Kier molecular flexibility index (Phi) is 5.44. The average molecular weight is 256 g/mol. The molecule has 0 spiro atoms. The van der Waals surface area contributed by atoms with Crippen LogP contribution in [-0.4, -0.2) is 28.7 Å². The molecule has 0 aromatic heterocycles. The number of amides is 2. The molecule has 1 fully saturated rings. The van der Waals surface area contributed by atoms with Crippen LogP contribution >= 0.6 is 0 Å². The van der Waals surface area contributed by atoms with Crippen molar-refractivity contribution in [1.82, 2.24) is 10.6 Å². The number of urea groups is 1. The molecule has 1 unspecified atom stereocenters. The van der Waals surface area contributed by atoms with Crippen LogP contribution in [0.1, 0.15) is 58.8 Å². The number of aliphatic carboxylic acids is 1. The number of nitrogens with one attached hydrogen (secondary N) is 2. The molecule has 0 aromatic rings. The highest BCUT2D eigenvalue weighted by molar-refractivity contribution is 5.86. The third-order valence-corrected chi connectivity index (χ3v) is 3.59. The molecule has 18 heavy (non-hydrogen) atoms. The Hall–Kier alpha value is -1.26. The summed E-state index contributed by atoms with van der Waals surface area (Å²) in [5.41, 5.74) is -1.05. The molecular weight excluding hydrogens is 232 g/mol. The summed E-state index contributed by atoms with van der Waals surface area (Å²) < 4.78 is 0. The van der Waals surface area contributed by atoms with Crippen molar-refractivity contribution in [2.75, 3.05) is 0 Å². The first-order valence-electron chi connectivity index (χ1n) is 6.82. The van der Waals surface area contributed by atoms with Gasteiger partial charge in [0.05, 0.1) is 0 Å². The van der Waals surface area contributed by atoms with Crippen LogP contribution in [0.25, 0.3) is 0 Å². The Labute approximate surface area is 108 Å². The first-order valence-corrected chi connectivity index (χ1v) is 6.82. The van der Waals surface area contributed by atoms with Crippen LogP contribution in [0.3, 0.4) is 0 Å². The number of carbonyl (C=O) groups excluding carboxylic acids is 1. The number of hydrogen-bond acceptors (Lipinski definition) is 2. The summed E-state index contributed by atoms with van der Waals surface area (Å²) in [7, 11) is 0. The summed E-state index contributed by atoms with van der Waals surface area (Å²) in [6, 6.07) is -0.278. The van der Waals surface area contributed by atoms with Gasteiger partial charge in [0.2, 0.25) is 0 Å². The zero-order chi connectivity index (χ0) is 13.6. The van der Waals surface area contributed by atoms with Crippen LogP contribution in [-0.2, 0) is 4.79 Å². The van der Waals surface area contributed by atoms with Gasteiger partial charge >= 0.3 is 12.0 Å². The number of carboxylic acids is 1. The Morgan fingerprint density at radius 2 is 1.94 bits per heavy atom. The topological polar surface area (TPSA) is 78.4 Å². The maximum absolute atomic E-state index is 11.8. The Morgan fingerprint density at radius 3 is 2.44 bits per heavy atom. The molecule has 0 radical (unpaired) electrons. The number of rotatable bonds is 6. The van der Waals surface area contributed by atoms with Crippen molar-refractivity contribution in [3.8, 4) is 0 Å². The average Bonchev–Trinajstić information content (AvgIpc) is 2.75. The zero-order valence-electron chi connectivity index (χ0n) is 11.3. The van der Waals surface area contributed by atoms with Crippen molar-refractivity contribution in [3.05, 3.63) is 0 Å². The minimum absolute atomic E-state index is 0.0807. The van der Waals surface area contributed by atoms with Crippen LogP contribution in [0.5, 0.6) is 0 Å². The van der Waals surface area contributed by atoms with E-state index in [1.54, 1.807) is 0 Å². The minimum Gasteiger partial charge on any atom is -0.480 e. The highest BCUT2D eigenvalue weighted by atomic mass is 16.4. The van der Waals surface area contributed by atoms with Gasteiger partial charge in [-0.3, -0.25) is 0 Å². The van der Waals surface area contributed by atoms with E-state index in [9.17, 15) is 14.7 Å². The molecule has 1 atom stereocenters. The van der Waals surface area contributed by atoms with Crippen molar-refractivity contribution < 1.29 is 14.7 Å². The van der Waals surface area contributed by atoms with Crippen LogP contribution in [0, 0.1) is 0 Å². The minimum atomic E-state index is -1.05. The van der Waals surface area contributed by atoms with Crippen LogP contribution < -0.4 is 10.6 Å². The standard InChI is InChI=1S/C13H24N2O3/c1-3-4-7-10(2)14-12(18)15-13(11(16)17)8-5-6-9-13/h10H,3-9H2,1-2H3,(H,16,17)(H2,14,15,18). The molecule has 3 N–H and O–H groups in total. The van der Waals surface area contributed by atoms with Crippen molar-refractivity contribution in [2.24, 2.45) is 0 Å². The van der Waals surface area contributed by atoms with E-state index in [2.05, 4.69) is 17.6 Å². The fourth-order valence-electron chi connectivity index (χ4n) is 2.43. The first-order chi connectivity index (χ1) is 8.50. The van der Waals surface area contributed by atoms with Crippen LogP contribution in [0.2, 0.25) is 0 Å². The molecule has 0 heterocycles. The number of carbonyl (C=O) groups is 2. The molecule has 0 aromatic carbocycles. The van der Waals surface area contributed by atoms with E-state index < -0.39 is 11.5 Å². The maximum Gasteiger partial charge on any atom is 0.329 e. The van der Waals surface area contributed by atoms with Crippen molar-refractivity contribution in [2.45, 2.75) is 70.4 Å². The molecule has 1 aliphatic rings. The molecule has 1 aliphatic carbocycles. The van der Waals surface area contributed by atoms with Gasteiger partial charge in [-0.1, -0.05) is 32.6 Å². The number of hydrogen-bond donors (Lipinski definition) is 3. The lowest BCUT2D eigenvalue weighted by atomic mass is 9.98. The van der Waals surface area contributed by atoms with Crippen LogP contribution in [0.4, 0.5) is 4.79 Å². The zero-order valence-corrected chi connectivity index (χ0v) is 11.3. The molecule has 2 amide bonds. The molecule has 0 saturated heterocycles. The summed E-state index contributed by atoms with van der Waals surface area (Å²) >= 11 is 0. The summed E-state index contributed by atoms with van der Waals surface area (Å²) in [6.07, 6.45) is 5.84. The molecule has 1 saturated carbocycles. The smallest absolute Gasteiger partial charge is 0.329 e. The third kappa shape index (κ3) is 3.89. The van der Waals surface area contributed by atoms with E-state index in [0.717, 1.165) is 32.1 Å².